The van der Waals surface area contributed by atoms with E-state index >= 15 is 0 Å². The molecule has 1 atom stereocenters. The molecule has 7 heteroatoms. The first-order valence-electron chi connectivity index (χ1n) is 6.27. The summed E-state index contributed by atoms with van der Waals surface area (Å²) in [6.07, 6.45) is -0.628. The zero-order valence-electron chi connectivity index (χ0n) is 11.1. The largest absolute Gasteiger partial charge is 1.00 e. The Labute approximate surface area is 133 Å². The molecule has 4 N–H and O–H groups in total. The molecule has 116 valence electrons. The molecule has 1 aromatic rings. The van der Waals surface area contributed by atoms with Gasteiger partial charge in [-0.3, -0.25) is 0 Å². The predicted octanol–water partition coefficient (Wildman–Crippen LogP) is -3.94. The average molecular weight is 371 g/mol. The summed E-state index contributed by atoms with van der Waals surface area (Å²) in [6.45, 7) is 1.73. The van der Waals surface area contributed by atoms with E-state index in [-0.39, 0.29) is 32.2 Å². The fourth-order valence-corrected chi connectivity index (χ4v) is 2.03. The zero-order chi connectivity index (χ0) is 14.1. The lowest BCUT2D eigenvalue weighted by Crippen LogP contribution is -3.14. The van der Waals surface area contributed by atoms with Crippen molar-refractivity contribution in [2.45, 2.75) is 6.10 Å². The second-order valence-electron chi connectivity index (χ2n) is 4.32. The Kier molecular flexibility index (Phi) is 11.1. The lowest BCUT2D eigenvalue weighted by Gasteiger charge is -2.20. The number of benzene rings is 1. The monoisotopic (exact) mass is 369 g/mol. The summed E-state index contributed by atoms with van der Waals surface area (Å²) in [6, 6.07) is 7.39. The van der Waals surface area contributed by atoms with Crippen molar-refractivity contribution in [3.05, 3.63) is 28.7 Å². The molecule has 0 aliphatic rings. The smallest absolute Gasteiger partial charge is 0.137 e. The van der Waals surface area contributed by atoms with Crippen LogP contribution in [0.1, 0.15) is 0 Å². The third-order valence-electron chi connectivity index (χ3n) is 2.71. The van der Waals surface area contributed by atoms with Gasteiger partial charge >= 0.3 is 0 Å². The van der Waals surface area contributed by atoms with Gasteiger partial charge in [-0.25, -0.2) is 0 Å². The number of nitrogens with one attached hydrogen (secondary N) is 1. The van der Waals surface area contributed by atoms with Crippen molar-refractivity contribution in [3.63, 3.8) is 0 Å². The molecule has 5 nitrogen and oxygen atoms in total. The fourth-order valence-electron chi connectivity index (χ4n) is 1.76. The Morgan fingerprint density at radius 2 is 1.65 bits per heavy atom. The van der Waals surface area contributed by atoms with E-state index < -0.39 is 6.10 Å². The summed E-state index contributed by atoms with van der Waals surface area (Å²) in [5, 5.41) is 27.7. The van der Waals surface area contributed by atoms with E-state index in [1.54, 1.807) is 0 Å². The summed E-state index contributed by atoms with van der Waals surface area (Å²) in [4.78, 5) is 0.955. The molecule has 1 aromatic carbocycles. The Morgan fingerprint density at radius 3 is 2.15 bits per heavy atom. The SMILES string of the molecule is OCC[NH+](CCO)CC(O)COc1ccc(Br)cc1.[Cl-]. The highest BCUT2D eigenvalue weighted by atomic mass is 79.9. The Morgan fingerprint density at radius 1 is 1.10 bits per heavy atom. The second kappa shape index (κ2) is 11.3. The topological polar surface area (TPSA) is 74.4 Å². The van der Waals surface area contributed by atoms with E-state index in [1.165, 1.54) is 0 Å². The van der Waals surface area contributed by atoms with Gasteiger partial charge in [-0.2, -0.15) is 0 Å². The minimum Gasteiger partial charge on any atom is -1.00 e. The molecule has 0 aromatic heterocycles. The predicted molar refractivity (Wildman–Crippen MR) is 75.4 cm³/mol. The maximum Gasteiger partial charge on any atom is 0.137 e. The first kappa shape index (κ1) is 19.6. The minimum atomic E-state index is -0.628. The van der Waals surface area contributed by atoms with Gasteiger partial charge < -0.3 is 37.4 Å². The number of quaternary nitrogens is 1. The molecule has 20 heavy (non-hydrogen) atoms. The van der Waals surface area contributed by atoms with Crippen LogP contribution in [0.4, 0.5) is 0 Å². The normalized spacial score (nSPS) is 12.1. The van der Waals surface area contributed by atoms with Crippen LogP contribution in [0, 0.1) is 0 Å². The van der Waals surface area contributed by atoms with E-state index in [9.17, 15) is 5.11 Å². The van der Waals surface area contributed by atoms with Crippen LogP contribution in [0.15, 0.2) is 28.7 Å². The molecule has 0 saturated heterocycles. The highest BCUT2D eigenvalue weighted by molar-refractivity contribution is 9.10. The van der Waals surface area contributed by atoms with Crippen molar-refractivity contribution in [2.24, 2.45) is 0 Å². The number of aliphatic hydroxyl groups excluding tert-OH is 3. The molecule has 0 radical (unpaired) electrons. The Balaban J connectivity index is 0.00000361. The van der Waals surface area contributed by atoms with Gasteiger partial charge in [0.1, 0.15) is 38.1 Å². The van der Waals surface area contributed by atoms with E-state index in [4.69, 9.17) is 14.9 Å². The maximum atomic E-state index is 9.87. The number of halogens is 2. The number of aliphatic hydroxyl groups is 3. The van der Waals surface area contributed by atoms with E-state index in [1.807, 2.05) is 24.3 Å². The molecule has 0 bridgehead atoms. The molecule has 0 saturated carbocycles. The van der Waals surface area contributed by atoms with E-state index in [2.05, 4.69) is 15.9 Å². The van der Waals surface area contributed by atoms with Crippen LogP contribution in [-0.4, -0.2) is 60.9 Å². The third kappa shape index (κ3) is 8.04. The molecule has 1 rings (SSSR count). The molecule has 0 amide bonds. The van der Waals surface area contributed by atoms with Gasteiger partial charge in [0.05, 0.1) is 13.2 Å². The van der Waals surface area contributed by atoms with Crippen LogP contribution >= 0.6 is 15.9 Å². The van der Waals surface area contributed by atoms with Crippen molar-refractivity contribution in [1.82, 2.24) is 0 Å². The van der Waals surface area contributed by atoms with Crippen LogP contribution in [0.25, 0.3) is 0 Å². The standard InChI is InChI=1S/C13H20BrNO4.ClH/c14-11-1-3-13(4-2-11)19-10-12(18)9-15(5-7-16)6-8-17;/h1-4,12,16-18H,5-10H2;1H. The molecule has 0 fully saturated rings. The van der Waals surface area contributed by atoms with Gasteiger partial charge in [-0.15, -0.1) is 0 Å². The molecule has 0 heterocycles. The number of rotatable bonds is 9. The van der Waals surface area contributed by atoms with E-state index in [0.29, 0.717) is 25.4 Å². The molecule has 1 unspecified atom stereocenters. The van der Waals surface area contributed by atoms with Crippen LogP contribution in [0.5, 0.6) is 5.75 Å². The summed E-state index contributed by atoms with van der Waals surface area (Å²) in [5.74, 6) is 0.702. The van der Waals surface area contributed by atoms with Crippen molar-refractivity contribution in [1.29, 1.82) is 0 Å². The molecular formula is C13H21BrClNO4. The second-order valence-corrected chi connectivity index (χ2v) is 5.24. The van der Waals surface area contributed by atoms with Gasteiger partial charge in [0.15, 0.2) is 0 Å². The molecule has 0 spiro atoms. The number of ether oxygens (including phenoxy) is 1. The highest BCUT2D eigenvalue weighted by Gasteiger charge is 2.14. The van der Waals surface area contributed by atoms with Crippen molar-refractivity contribution in [3.8, 4) is 5.75 Å². The molecule has 0 aliphatic carbocycles. The van der Waals surface area contributed by atoms with Crippen LogP contribution < -0.4 is 22.0 Å². The Bertz CT molecular complexity index is 347. The summed E-state index contributed by atoms with van der Waals surface area (Å²) >= 11 is 3.34. The van der Waals surface area contributed by atoms with Crippen molar-refractivity contribution >= 4 is 15.9 Å². The van der Waals surface area contributed by atoms with Gasteiger partial charge in [-0.05, 0) is 24.3 Å². The lowest BCUT2D eigenvalue weighted by molar-refractivity contribution is -0.903. The molecular weight excluding hydrogens is 350 g/mol. The van der Waals surface area contributed by atoms with E-state index in [0.717, 1.165) is 9.37 Å². The zero-order valence-corrected chi connectivity index (χ0v) is 13.5. The van der Waals surface area contributed by atoms with Gasteiger partial charge in [-0.1, -0.05) is 15.9 Å². The summed E-state index contributed by atoms with van der Waals surface area (Å²) in [7, 11) is 0. The highest BCUT2D eigenvalue weighted by Crippen LogP contribution is 2.15. The van der Waals surface area contributed by atoms with Crippen molar-refractivity contribution in [2.75, 3.05) is 39.5 Å². The summed E-state index contributed by atoms with van der Waals surface area (Å²) in [5.41, 5.74) is 0. The maximum absolute atomic E-state index is 9.87. The Hall–Kier alpha value is -0.370. The van der Waals surface area contributed by atoms with Crippen LogP contribution in [0.2, 0.25) is 0 Å². The number of hydrogen-bond donors (Lipinski definition) is 4. The average Bonchev–Trinajstić information content (AvgIpc) is 2.39. The van der Waals surface area contributed by atoms with Crippen LogP contribution in [0.3, 0.4) is 0 Å². The molecule has 0 aliphatic heterocycles. The van der Waals surface area contributed by atoms with Gasteiger partial charge in [0, 0.05) is 4.47 Å². The van der Waals surface area contributed by atoms with Crippen molar-refractivity contribution < 1.29 is 37.4 Å². The first-order valence-corrected chi connectivity index (χ1v) is 7.06. The van der Waals surface area contributed by atoms with Crippen LogP contribution in [-0.2, 0) is 0 Å². The number of hydrogen-bond acceptors (Lipinski definition) is 4. The third-order valence-corrected chi connectivity index (χ3v) is 3.24. The fraction of sp³-hybridized carbons (Fsp3) is 0.538. The summed E-state index contributed by atoms with van der Waals surface area (Å²) < 4.78 is 6.44. The minimum absolute atomic E-state index is 0. The first-order chi connectivity index (χ1) is 9.15. The quantitative estimate of drug-likeness (QED) is 0.358. The lowest BCUT2D eigenvalue weighted by atomic mass is 10.3. The van der Waals surface area contributed by atoms with Gasteiger partial charge in [0.25, 0.3) is 0 Å². The van der Waals surface area contributed by atoms with Gasteiger partial charge in [0.2, 0.25) is 0 Å².